The van der Waals surface area contributed by atoms with Crippen molar-refractivity contribution in [2.24, 2.45) is 0 Å². The van der Waals surface area contributed by atoms with Crippen LogP contribution in [-0.4, -0.2) is 18.6 Å². The van der Waals surface area contributed by atoms with Crippen LogP contribution in [0.25, 0.3) is 0 Å². The van der Waals surface area contributed by atoms with Crippen molar-refractivity contribution in [2.75, 3.05) is 6.61 Å². The van der Waals surface area contributed by atoms with Crippen molar-refractivity contribution in [3.05, 3.63) is 24.3 Å². The van der Waals surface area contributed by atoms with E-state index in [0.29, 0.717) is 18.1 Å². The van der Waals surface area contributed by atoms with Gasteiger partial charge in [0.25, 0.3) is 0 Å². The van der Waals surface area contributed by atoms with Gasteiger partial charge in [0.15, 0.2) is 11.5 Å². The van der Waals surface area contributed by atoms with E-state index in [0.717, 1.165) is 0 Å². The molecule has 5 heteroatoms. The SMILES string of the molecule is Cl.N=C([O-])CC1COc2ccccc2O1. The first kappa shape index (κ1) is 11.7. The molecule has 1 unspecified atom stereocenters. The Kier molecular flexibility index (Phi) is 3.80. The van der Waals surface area contributed by atoms with Gasteiger partial charge < -0.3 is 20.0 Å². The van der Waals surface area contributed by atoms with Gasteiger partial charge in [-0.15, -0.1) is 12.4 Å². The zero-order chi connectivity index (χ0) is 9.97. The highest BCUT2D eigenvalue weighted by molar-refractivity contribution is 5.85. The standard InChI is InChI=1S/C10H11NO3.ClH/c11-10(12)5-7-6-13-8-3-1-2-4-9(8)14-7;/h1-4,7H,5-6H2,(H2,11,12);1H/p-1. The van der Waals surface area contributed by atoms with Crippen molar-refractivity contribution in [2.45, 2.75) is 12.5 Å². The molecule has 0 spiro atoms. The molecule has 1 aliphatic rings. The largest absolute Gasteiger partial charge is 0.862 e. The molecule has 4 nitrogen and oxygen atoms in total. The molecule has 0 radical (unpaired) electrons. The molecule has 1 aliphatic heterocycles. The van der Waals surface area contributed by atoms with Crippen LogP contribution in [0.15, 0.2) is 24.3 Å². The summed E-state index contributed by atoms with van der Waals surface area (Å²) >= 11 is 0. The van der Waals surface area contributed by atoms with Crippen molar-refractivity contribution in [3.8, 4) is 11.5 Å². The molecular formula is C10H11ClNO3-. The van der Waals surface area contributed by atoms with Gasteiger partial charge in [0.1, 0.15) is 12.7 Å². The third-order valence-corrected chi connectivity index (χ3v) is 1.98. The molecular weight excluding hydrogens is 218 g/mol. The van der Waals surface area contributed by atoms with Crippen LogP contribution in [0.2, 0.25) is 0 Å². The van der Waals surface area contributed by atoms with Gasteiger partial charge in [-0.3, -0.25) is 0 Å². The zero-order valence-corrected chi connectivity index (χ0v) is 8.75. The summed E-state index contributed by atoms with van der Waals surface area (Å²) in [6.45, 7) is 0.335. The van der Waals surface area contributed by atoms with Crippen molar-refractivity contribution in [3.63, 3.8) is 0 Å². The maximum atomic E-state index is 10.6. The minimum atomic E-state index is -0.627. The molecule has 0 aliphatic carbocycles. The summed E-state index contributed by atoms with van der Waals surface area (Å²) in [5, 5.41) is 17.4. The molecule has 1 atom stereocenters. The highest BCUT2D eigenvalue weighted by Crippen LogP contribution is 2.31. The number of para-hydroxylation sites is 2. The topological polar surface area (TPSA) is 65.4 Å². The summed E-state index contributed by atoms with van der Waals surface area (Å²) in [6, 6.07) is 7.30. The summed E-state index contributed by atoms with van der Waals surface area (Å²) < 4.78 is 10.9. The van der Waals surface area contributed by atoms with Gasteiger partial charge in [-0.2, -0.15) is 0 Å². The molecule has 15 heavy (non-hydrogen) atoms. The molecule has 0 bridgehead atoms. The Balaban J connectivity index is 0.00000112. The Morgan fingerprint density at radius 1 is 1.40 bits per heavy atom. The van der Waals surface area contributed by atoms with Gasteiger partial charge in [-0.05, 0) is 18.0 Å². The van der Waals surface area contributed by atoms with Gasteiger partial charge in [0.05, 0.1) is 0 Å². The fourth-order valence-electron chi connectivity index (χ4n) is 1.37. The molecule has 0 amide bonds. The van der Waals surface area contributed by atoms with Crippen LogP contribution in [0.1, 0.15) is 6.42 Å². The lowest BCUT2D eigenvalue weighted by molar-refractivity contribution is -0.222. The van der Waals surface area contributed by atoms with Gasteiger partial charge in [0.2, 0.25) is 0 Å². The van der Waals surface area contributed by atoms with Gasteiger partial charge in [-0.1, -0.05) is 12.1 Å². The highest BCUT2D eigenvalue weighted by Gasteiger charge is 2.19. The number of fused-ring (bicyclic) bond motifs is 1. The van der Waals surface area contributed by atoms with E-state index in [-0.39, 0.29) is 24.9 Å². The van der Waals surface area contributed by atoms with Crippen LogP contribution < -0.4 is 14.6 Å². The Hall–Kier alpha value is -1.42. The molecule has 0 saturated carbocycles. The summed E-state index contributed by atoms with van der Waals surface area (Å²) in [7, 11) is 0. The average molecular weight is 229 g/mol. The smallest absolute Gasteiger partial charge is 0.161 e. The van der Waals surface area contributed by atoms with Gasteiger partial charge >= 0.3 is 0 Å². The van der Waals surface area contributed by atoms with Crippen molar-refractivity contribution < 1.29 is 14.6 Å². The molecule has 0 saturated heterocycles. The van der Waals surface area contributed by atoms with Crippen LogP contribution in [-0.2, 0) is 0 Å². The van der Waals surface area contributed by atoms with E-state index >= 15 is 0 Å². The van der Waals surface area contributed by atoms with Gasteiger partial charge in [0, 0.05) is 6.42 Å². The monoisotopic (exact) mass is 228 g/mol. The Bertz CT molecular complexity index is 356. The summed E-state index contributed by atoms with van der Waals surface area (Å²) in [4.78, 5) is 0. The van der Waals surface area contributed by atoms with E-state index < -0.39 is 5.90 Å². The number of hydrogen-bond acceptors (Lipinski definition) is 4. The van der Waals surface area contributed by atoms with E-state index in [4.69, 9.17) is 14.9 Å². The summed E-state index contributed by atoms with van der Waals surface area (Å²) in [5.74, 6) is 0.712. The van der Waals surface area contributed by atoms with Crippen LogP contribution in [0.5, 0.6) is 11.5 Å². The van der Waals surface area contributed by atoms with Crippen molar-refractivity contribution in [1.29, 1.82) is 5.41 Å². The number of hydrogen-bond donors (Lipinski definition) is 1. The van der Waals surface area contributed by atoms with Gasteiger partial charge in [-0.25, -0.2) is 0 Å². The zero-order valence-electron chi connectivity index (χ0n) is 7.93. The van der Waals surface area contributed by atoms with E-state index in [2.05, 4.69) is 0 Å². The summed E-state index contributed by atoms with van der Waals surface area (Å²) in [5.41, 5.74) is 0. The Morgan fingerprint density at radius 2 is 2.07 bits per heavy atom. The molecule has 1 aromatic carbocycles. The fraction of sp³-hybridized carbons (Fsp3) is 0.300. The number of rotatable bonds is 2. The molecule has 1 N–H and O–H groups in total. The molecule has 2 rings (SSSR count). The third-order valence-electron chi connectivity index (χ3n) is 1.98. The second-order valence-corrected chi connectivity index (χ2v) is 3.12. The van der Waals surface area contributed by atoms with Crippen molar-refractivity contribution in [1.82, 2.24) is 0 Å². The second kappa shape index (κ2) is 4.89. The Morgan fingerprint density at radius 3 is 2.73 bits per heavy atom. The number of nitrogens with one attached hydrogen (secondary N) is 1. The lowest BCUT2D eigenvalue weighted by atomic mass is 10.2. The van der Waals surface area contributed by atoms with E-state index in [1.54, 1.807) is 6.07 Å². The highest BCUT2D eigenvalue weighted by atomic mass is 35.5. The predicted octanol–water partition coefficient (Wildman–Crippen LogP) is 0.976. The normalized spacial score (nSPS) is 17.7. The predicted molar refractivity (Wildman–Crippen MR) is 55.9 cm³/mol. The van der Waals surface area contributed by atoms with E-state index in [1.165, 1.54) is 0 Å². The lowest BCUT2D eigenvalue weighted by Gasteiger charge is -2.27. The van der Waals surface area contributed by atoms with E-state index in [9.17, 15) is 5.11 Å². The molecule has 82 valence electrons. The number of benzene rings is 1. The quantitative estimate of drug-likeness (QED) is 0.606. The molecule has 1 heterocycles. The first-order chi connectivity index (χ1) is 6.75. The third kappa shape index (κ3) is 2.76. The van der Waals surface area contributed by atoms with Crippen molar-refractivity contribution >= 4 is 18.3 Å². The second-order valence-electron chi connectivity index (χ2n) is 3.12. The minimum absolute atomic E-state index is 0. The molecule has 1 aromatic rings. The first-order valence-corrected chi connectivity index (χ1v) is 4.38. The van der Waals surface area contributed by atoms with Crippen LogP contribution in [0.3, 0.4) is 0 Å². The van der Waals surface area contributed by atoms with E-state index in [1.807, 2.05) is 18.2 Å². The first-order valence-electron chi connectivity index (χ1n) is 4.38. The maximum Gasteiger partial charge on any atom is 0.161 e. The Labute approximate surface area is 93.7 Å². The maximum absolute atomic E-state index is 10.6. The van der Waals surface area contributed by atoms with Crippen LogP contribution in [0, 0.1) is 5.41 Å². The van der Waals surface area contributed by atoms with Crippen LogP contribution >= 0.6 is 12.4 Å². The molecule has 0 aromatic heterocycles. The molecule has 0 fully saturated rings. The lowest BCUT2D eigenvalue weighted by Crippen LogP contribution is -2.34. The average Bonchev–Trinajstić information content (AvgIpc) is 2.17. The summed E-state index contributed by atoms with van der Waals surface area (Å²) in [6.07, 6.45) is -0.246. The number of halogens is 1. The minimum Gasteiger partial charge on any atom is -0.862 e. The van der Waals surface area contributed by atoms with Crippen LogP contribution in [0.4, 0.5) is 0 Å². The fourth-order valence-corrected chi connectivity index (χ4v) is 1.37. The number of ether oxygens (including phenoxy) is 2.